The van der Waals surface area contributed by atoms with Crippen LogP contribution < -0.4 is 4.74 Å². The highest BCUT2D eigenvalue weighted by Crippen LogP contribution is 2.49. The summed E-state index contributed by atoms with van der Waals surface area (Å²) in [6, 6.07) is 8.53. The van der Waals surface area contributed by atoms with Gasteiger partial charge in [-0.05, 0) is 87.6 Å². The van der Waals surface area contributed by atoms with Gasteiger partial charge in [-0.25, -0.2) is 4.79 Å². The highest BCUT2D eigenvalue weighted by atomic mass is 32.2. The van der Waals surface area contributed by atoms with Crippen molar-refractivity contribution >= 4 is 52.2 Å². The summed E-state index contributed by atoms with van der Waals surface area (Å²) in [5.74, 6) is 2.09. The van der Waals surface area contributed by atoms with Gasteiger partial charge >= 0.3 is 5.97 Å². The number of thioether (sulfide) groups is 1. The summed E-state index contributed by atoms with van der Waals surface area (Å²) in [4.78, 5) is 43.6. The molecule has 2 aromatic rings. The van der Waals surface area contributed by atoms with Crippen LogP contribution in [0.1, 0.15) is 68.0 Å². The van der Waals surface area contributed by atoms with Crippen molar-refractivity contribution in [2.45, 2.75) is 64.0 Å². The predicted molar refractivity (Wildman–Crippen MR) is 160 cm³/mol. The molecule has 41 heavy (non-hydrogen) atoms. The maximum Gasteiger partial charge on any atom is 0.328 e. The van der Waals surface area contributed by atoms with Crippen LogP contribution in [0.25, 0.3) is 17.4 Å². The molecule has 2 saturated carbocycles. The van der Waals surface area contributed by atoms with E-state index in [1.54, 1.807) is 30.0 Å². The fraction of sp³-hybridized carbons (Fsp3) is 0.484. The van der Waals surface area contributed by atoms with Crippen LogP contribution in [-0.2, 0) is 14.3 Å². The Kier molecular flexibility index (Phi) is 7.96. The molecule has 2 saturated heterocycles. The number of methoxy groups -OCH3 is 1. The quantitative estimate of drug-likeness (QED) is 0.222. The largest absolute Gasteiger partial charge is 0.496 e. The Bertz CT molecular complexity index is 1420. The minimum Gasteiger partial charge on any atom is -0.496 e. The number of thiocarbonyl (C=S) groups is 1. The average Bonchev–Trinajstić information content (AvgIpc) is 3.78. The molecular formula is C31H34N2O6S2. The van der Waals surface area contributed by atoms with Crippen LogP contribution in [0, 0.1) is 11.8 Å². The van der Waals surface area contributed by atoms with Crippen molar-refractivity contribution in [2.75, 3.05) is 20.3 Å². The number of piperidine rings is 1. The number of esters is 1. The lowest BCUT2D eigenvalue weighted by Gasteiger charge is -2.34. The highest BCUT2D eigenvalue weighted by molar-refractivity contribution is 8.26. The number of rotatable bonds is 7. The van der Waals surface area contributed by atoms with Crippen molar-refractivity contribution in [2.24, 2.45) is 11.8 Å². The van der Waals surface area contributed by atoms with Crippen molar-refractivity contribution in [1.82, 2.24) is 9.80 Å². The number of carbonyl (C=O) groups is 3. The van der Waals surface area contributed by atoms with Crippen molar-refractivity contribution in [3.8, 4) is 17.1 Å². The van der Waals surface area contributed by atoms with E-state index in [0.717, 1.165) is 25.2 Å². The van der Waals surface area contributed by atoms with Crippen molar-refractivity contribution in [3.05, 3.63) is 46.6 Å². The Morgan fingerprint density at radius 3 is 2.73 bits per heavy atom. The third kappa shape index (κ3) is 5.32. The van der Waals surface area contributed by atoms with E-state index in [1.807, 2.05) is 23.1 Å². The number of nitrogens with zero attached hydrogens (tertiary/aromatic N) is 2. The second kappa shape index (κ2) is 11.6. The van der Waals surface area contributed by atoms with E-state index < -0.39 is 6.04 Å². The van der Waals surface area contributed by atoms with E-state index in [1.165, 1.54) is 38.1 Å². The molecule has 1 unspecified atom stereocenters. The topological polar surface area (TPSA) is 89.3 Å². The zero-order valence-electron chi connectivity index (χ0n) is 23.3. The predicted octanol–water partition coefficient (Wildman–Crippen LogP) is 5.90. The van der Waals surface area contributed by atoms with Crippen LogP contribution in [0.3, 0.4) is 0 Å². The van der Waals surface area contributed by atoms with E-state index in [0.29, 0.717) is 56.5 Å². The van der Waals surface area contributed by atoms with E-state index in [-0.39, 0.29) is 30.4 Å². The zero-order chi connectivity index (χ0) is 28.7. The summed E-state index contributed by atoms with van der Waals surface area (Å²) in [6.07, 6.45) is 8.71. The molecule has 1 aromatic carbocycles. The van der Waals surface area contributed by atoms with Gasteiger partial charge in [-0.15, -0.1) is 0 Å². The number of hydrogen-bond acceptors (Lipinski definition) is 8. The van der Waals surface area contributed by atoms with E-state index in [9.17, 15) is 14.4 Å². The zero-order valence-corrected chi connectivity index (χ0v) is 24.9. The van der Waals surface area contributed by atoms with Gasteiger partial charge in [0.15, 0.2) is 0 Å². The van der Waals surface area contributed by atoms with Crippen LogP contribution in [0.5, 0.6) is 5.75 Å². The maximum absolute atomic E-state index is 13.7. The number of hydrogen-bond donors (Lipinski definition) is 0. The van der Waals surface area contributed by atoms with Crippen molar-refractivity contribution < 1.29 is 28.3 Å². The molecule has 6 rings (SSSR count). The monoisotopic (exact) mass is 594 g/mol. The van der Waals surface area contributed by atoms with Crippen LogP contribution in [0.2, 0.25) is 0 Å². The second-order valence-corrected chi connectivity index (χ2v) is 12.8. The standard InChI is InChI=1S/C31H34N2O6S2/c1-3-38-30(36)23-6-4-5-13-32(23)28(34)22-16-20(9-11-26(22)37-2)25-12-10-21(39-25)17-27-29(35)33(31(40)41-27)24-15-18-7-8-19(24)14-18/h9-12,16-19,23-24H,3-8,13-15H2,1-2H3/b27-17-/t18-,19+,23+,24?/m1/s1. The fourth-order valence-corrected chi connectivity index (χ4v) is 8.20. The molecule has 10 heteroatoms. The number of ether oxygens (including phenoxy) is 2. The first-order valence-corrected chi connectivity index (χ1v) is 15.6. The molecule has 1 aromatic heterocycles. The Morgan fingerprint density at radius 2 is 2.00 bits per heavy atom. The summed E-state index contributed by atoms with van der Waals surface area (Å²) in [6.45, 7) is 2.50. The average molecular weight is 595 g/mol. The Morgan fingerprint density at radius 1 is 1.15 bits per heavy atom. The van der Waals surface area contributed by atoms with Gasteiger partial charge in [-0.1, -0.05) is 30.4 Å². The summed E-state index contributed by atoms with van der Waals surface area (Å²) < 4.78 is 17.5. The Balaban J connectivity index is 1.23. The molecule has 2 bridgehead atoms. The first kappa shape index (κ1) is 28.0. The Hall–Kier alpha value is -3.11. The van der Waals surface area contributed by atoms with E-state index in [2.05, 4.69) is 0 Å². The van der Waals surface area contributed by atoms with Crippen LogP contribution in [0.15, 0.2) is 39.7 Å². The number of benzene rings is 1. The maximum atomic E-state index is 13.7. The van der Waals surface area contributed by atoms with Crippen molar-refractivity contribution in [3.63, 3.8) is 0 Å². The van der Waals surface area contributed by atoms with Gasteiger partial charge < -0.3 is 18.8 Å². The van der Waals surface area contributed by atoms with E-state index >= 15 is 0 Å². The lowest BCUT2D eigenvalue weighted by molar-refractivity contribution is -0.149. The summed E-state index contributed by atoms with van der Waals surface area (Å²) in [5.41, 5.74) is 1.04. The number of amides is 2. The number of fused-ring (bicyclic) bond motifs is 2. The van der Waals surface area contributed by atoms with Gasteiger partial charge in [-0.2, -0.15) is 0 Å². The molecule has 3 heterocycles. The third-order valence-corrected chi connectivity index (χ3v) is 10.1. The highest BCUT2D eigenvalue weighted by Gasteiger charge is 2.48. The first-order valence-electron chi connectivity index (χ1n) is 14.4. The van der Waals surface area contributed by atoms with E-state index in [4.69, 9.17) is 26.1 Å². The van der Waals surface area contributed by atoms with Gasteiger partial charge in [-0.3, -0.25) is 14.5 Å². The summed E-state index contributed by atoms with van der Waals surface area (Å²) in [5, 5.41) is 0. The molecule has 8 nitrogen and oxygen atoms in total. The molecule has 0 radical (unpaired) electrons. The molecule has 216 valence electrons. The number of furan rings is 1. The fourth-order valence-electron chi connectivity index (χ4n) is 6.85. The number of carbonyl (C=O) groups excluding carboxylic acids is 3. The lowest BCUT2D eigenvalue weighted by Crippen LogP contribution is -2.48. The molecule has 0 spiro atoms. The van der Waals surface area contributed by atoms with Gasteiger partial charge in [0.25, 0.3) is 11.8 Å². The van der Waals surface area contributed by atoms with Gasteiger partial charge in [0.05, 0.1) is 24.2 Å². The van der Waals surface area contributed by atoms with Gasteiger partial charge in [0.1, 0.15) is 27.6 Å². The molecule has 4 atom stereocenters. The number of likely N-dealkylation sites (tertiary alicyclic amines) is 1. The molecule has 2 aliphatic heterocycles. The SMILES string of the molecule is CCOC(=O)[C@@H]1CCCCN1C(=O)c1cc(-c2ccc(/C=C3\SC(=S)N(C4C[C@@H]5CC[C@H]4C5)C3=O)o2)ccc1OC. The minimum atomic E-state index is -0.613. The molecule has 2 amide bonds. The summed E-state index contributed by atoms with van der Waals surface area (Å²) >= 11 is 6.95. The molecule has 2 aliphatic carbocycles. The van der Waals surface area contributed by atoms with Gasteiger partial charge in [0, 0.05) is 24.2 Å². The lowest BCUT2D eigenvalue weighted by atomic mass is 9.94. The third-order valence-electron chi connectivity index (χ3n) is 8.79. The van der Waals surface area contributed by atoms with Gasteiger partial charge in [0.2, 0.25) is 0 Å². The molecule has 0 N–H and O–H groups in total. The normalized spacial score (nSPS) is 26.7. The summed E-state index contributed by atoms with van der Waals surface area (Å²) in [7, 11) is 1.52. The molecule has 4 aliphatic rings. The van der Waals surface area contributed by atoms with Crippen molar-refractivity contribution in [1.29, 1.82) is 0 Å². The second-order valence-electron chi connectivity index (χ2n) is 11.2. The smallest absolute Gasteiger partial charge is 0.328 e. The van der Waals surface area contributed by atoms with Crippen LogP contribution in [0.4, 0.5) is 0 Å². The molecule has 4 fully saturated rings. The van der Waals surface area contributed by atoms with Crippen LogP contribution >= 0.6 is 24.0 Å². The molecular weight excluding hydrogens is 560 g/mol. The van der Waals surface area contributed by atoms with Crippen LogP contribution in [-0.4, -0.2) is 64.2 Å². The first-order chi connectivity index (χ1) is 19.9. The Labute approximate surface area is 249 Å². The minimum absolute atomic E-state index is 0.0366.